The van der Waals surface area contributed by atoms with E-state index in [-0.39, 0.29) is 6.10 Å². The number of aliphatic hydroxyl groups is 1. The zero-order valence-corrected chi connectivity index (χ0v) is 13.4. The summed E-state index contributed by atoms with van der Waals surface area (Å²) >= 11 is 0. The summed E-state index contributed by atoms with van der Waals surface area (Å²) in [6.45, 7) is 3.74. The fourth-order valence-electron chi connectivity index (χ4n) is 2.82. The summed E-state index contributed by atoms with van der Waals surface area (Å²) in [4.78, 5) is 0. The van der Waals surface area contributed by atoms with Crippen LogP contribution in [-0.4, -0.2) is 23.1 Å². The molecule has 3 heteroatoms. The molecule has 0 radical (unpaired) electrons. The minimum absolute atomic E-state index is 0.305. The molecule has 1 heterocycles. The lowest BCUT2D eigenvalue weighted by atomic mass is 10.00. The first-order chi connectivity index (χ1) is 11.1. The first kappa shape index (κ1) is 15.9. The highest BCUT2D eigenvalue weighted by Crippen LogP contribution is 2.36. The topological polar surface area (TPSA) is 38.7 Å². The quantitative estimate of drug-likeness (QED) is 0.929. The molecule has 23 heavy (non-hydrogen) atoms. The molecule has 0 aromatic heterocycles. The Morgan fingerprint density at radius 1 is 0.957 bits per heavy atom. The van der Waals surface area contributed by atoms with Crippen LogP contribution in [0.4, 0.5) is 0 Å². The van der Waals surface area contributed by atoms with E-state index in [1.54, 1.807) is 0 Å². The average molecular weight is 310 g/mol. The van der Waals surface area contributed by atoms with Crippen molar-refractivity contribution in [2.75, 3.05) is 0 Å². The van der Waals surface area contributed by atoms with Crippen LogP contribution < -0.4 is 0 Å². The van der Waals surface area contributed by atoms with E-state index >= 15 is 0 Å². The van der Waals surface area contributed by atoms with Crippen molar-refractivity contribution in [3.8, 4) is 0 Å². The molecule has 0 aliphatic carbocycles. The molecular weight excluding hydrogens is 288 g/mol. The van der Waals surface area contributed by atoms with Crippen LogP contribution in [0.1, 0.15) is 31.1 Å². The lowest BCUT2D eigenvalue weighted by molar-refractivity contribution is -0.153. The van der Waals surface area contributed by atoms with E-state index in [2.05, 4.69) is 0 Å². The zero-order chi connectivity index (χ0) is 16.3. The monoisotopic (exact) mass is 310 g/mol. The third-order valence-electron chi connectivity index (χ3n) is 3.89. The highest BCUT2D eigenvalue weighted by molar-refractivity contribution is 5.49. The van der Waals surface area contributed by atoms with Crippen molar-refractivity contribution >= 4 is 6.08 Å². The number of aliphatic hydroxyl groups excluding tert-OH is 1. The molecule has 3 atom stereocenters. The van der Waals surface area contributed by atoms with Gasteiger partial charge in [-0.2, -0.15) is 0 Å². The van der Waals surface area contributed by atoms with Gasteiger partial charge in [-0.15, -0.1) is 0 Å². The second-order valence-electron chi connectivity index (χ2n) is 6.19. The highest BCUT2D eigenvalue weighted by atomic mass is 16.8. The van der Waals surface area contributed by atoms with E-state index in [9.17, 15) is 5.11 Å². The van der Waals surface area contributed by atoms with Crippen molar-refractivity contribution in [1.82, 2.24) is 0 Å². The number of hydrogen-bond acceptors (Lipinski definition) is 3. The number of ether oxygens (including phenoxy) is 2. The number of benzene rings is 2. The molecule has 1 aliphatic rings. The normalized spacial score (nSPS) is 24.8. The third-order valence-corrected chi connectivity index (χ3v) is 3.89. The maximum atomic E-state index is 10.7. The second kappa shape index (κ2) is 6.67. The molecule has 120 valence electrons. The molecule has 0 amide bonds. The van der Waals surface area contributed by atoms with Gasteiger partial charge in [0.25, 0.3) is 0 Å². The molecule has 1 aliphatic heterocycles. The predicted molar refractivity (Wildman–Crippen MR) is 90.7 cm³/mol. The second-order valence-corrected chi connectivity index (χ2v) is 6.19. The van der Waals surface area contributed by atoms with E-state index in [1.165, 1.54) is 0 Å². The molecular formula is C20H22O3. The number of rotatable bonds is 4. The Hall–Kier alpha value is -1.94. The van der Waals surface area contributed by atoms with Crippen LogP contribution in [0, 0.1) is 0 Å². The Morgan fingerprint density at radius 2 is 1.57 bits per heavy atom. The molecule has 2 aromatic carbocycles. The standard InChI is InChI=1S/C20H22O3/c1-20(2)22-17(14-13-15-9-5-3-6-10-15)19(23-20)18(21)16-11-7-4-8-12-16/h3-14,17-19,21H,1-2H3/b14-13+/t17-,18?,19-/m0/s1. The Morgan fingerprint density at radius 3 is 2.22 bits per heavy atom. The highest BCUT2D eigenvalue weighted by Gasteiger charge is 2.43. The Labute approximate surface area is 137 Å². The predicted octanol–water partition coefficient (Wildman–Crippen LogP) is 3.95. The van der Waals surface area contributed by atoms with Gasteiger partial charge in [-0.25, -0.2) is 0 Å². The average Bonchev–Trinajstić information content (AvgIpc) is 2.89. The Kier molecular flexibility index (Phi) is 4.62. The number of hydrogen-bond donors (Lipinski definition) is 1. The first-order valence-electron chi connectivity index (χ1n) is 7.87. The van der Waals surface area contributed by atoms with E-state index in [0.717, 1.165) is 11.1 Å². The van der Waals surface area contributed by atoms with Gasteiger partial charge in [-0.1, -0.05) is 72.8 Å². The van der Waals surface area contributed by atoms with Gasteiger partial charge in [-0.05, 0) is 25.0 Å². The summed E-state index contributed by atoms with van der Waals surface area (Å²) in [6, 6.07) is 19.6. The van der Waals surface area contributed by atoms with Crippen molar-refractivity contribution < 1.29 is 14.6 Å². The van der Waals surface area contributed by atoms with Gasteiger partial charge in [0.15, 0.2) is 5.79 Å². The van der Waals surface area contributed by atoms with Crippen molar-refractivity contribution in [2.45, 2.75) is 37.9 Å². The summed E-state index contributed by atoms with van der Waals surface area (Å²) in [5, 5.41) is 10.7. The first-order valence-corrected chi connectivity index (χ1v) is 7.87. The summed E-state index contributed by atoms with van der Waals surface area (Å²) in [5.41, 5.74) is 1.92. The van der Waals surface area contributed by atoms with Crippen LogP contribution >= 0.6 is 0 Å². The van der Waals surface area contributed by atoms with E-state index in [1.807, 2.05) is 86.7 Å². The maximum absolute atomic E-state index is 10.7. The molecule has 1 fully saturated rings. The molecule has 3 rings (SSSR count). The molecule has 2 aromatic rings. The van der Waals surface area contributed by atoms with Crippen molar-refractivity contribution in [1.29, 1.82) is 0 Å². The van der Waals surface area contributed by atoms with E-state index < -0.39 is 18.0 Å². The van der Waals surface area contributed by atoms with Crippen LogP contribution in [0.5, 0.6) is 0 Å². The van der Waals surface area contributed by atoms with Gasteiger partial charge in [0, 0.05) is 0 Å². The van der Waals surface area contributed by atoms with Crippen LogP contribution in [0.25, 0.3) is 6.08 Å². The van der Waals surface area contributed by atoms with Crippen LogP contribution in [0.3, 0.4) is 0 Å². The molecule has 0 bridgehead atoms. The molecule has 3 nitrogen and oxygen atoms in total. The Balaban J connectivity index is 1.81. The van der Waals surface area contributed by atoms with Crippen LogP contribution in [0.15, 0.2) is 66.7 Å². The fraction of sp³-hybridized carbons (Fsp3) is 0.300. The largest absolute Gasteiger partial charge is 0.386 e. The van der Waals surface area contributed by atoms with Crippen LogP contribution in [0.2, 0.25) is 0 Å². The fourth-order valence-corrected chi connectivity index (χ4v) is 2.82. The van der Waals surface area contributed by atoms with Gasteiger partial charge in [0.2, 0.25) is 0 Å². The minimum atomic E-state index is -0.733. The van der Waals surface area contributed by atoms with Crippen molar-refractivity contribution in [2.24, 2.45) is 0 Å². The summed E-state index contributed by atoms with van der Waals surface area (Å²) < 4.78 is 11.9. The van der Waals surface area contributed by atoms with Gasteiger partial charge >= 0.3 is 0 Å². The molecule has 1 N–H and O–H groups in total. The summed E-state index contributed by atoms with van der Waals surface area (Å²) in [7, 11) is 0. The summed E-state index contributed by atoms with van der Waals surface area (Å²) in [5.74, 6) is -0.716. The third kappa shape index (κ3) is 3.88. The van der Waals surface area contributed by atoms with E-state index in [4.69, 9.17) is 9.47 Å². The van der Waals surface area contributed by atoms with Gasteiger partial charge in [0.1, 0.15) is 18.3 Å². The maximum Gasteiger partial charge on any atom is 0.164 e. The van der Waals surface area contributed by atoms with Gasteiger partial charge in [-0.3, -0.25) is 0 Å². The lowest BCUT2D eigenvalue weighted by Crippen LogP contribution is -2.28. The lowest BCUT2D eigenvalue weighted by Gasteiger charge is -2.21. The van der Waals surface area contributed by atoms with Crippen molar-refractivity contribution in [3.05, 3.63) is 77.9 Å². The van der Waals surface area contributed by atoms with E-state index in [0.29, 0.717) is 0 Å². The molecule has 0 saturated carbocycles. The SMILES string of the molecule is CC1(C)O[C@@H](/C=C/c2ccccc2)[C@@H](C(O)c2ccccc2)O1. The molecule has 0 spiro atoms. The van der Waals surface area contributed by atoms with Gasteiger partial charge in [0.05, 0.1) is 0 Å². The van der Waals surface area contributed by atoms with Gasteiger partial charge < -0.3 is 14.6 Å². The minimum Gasteiger partial charge on any atom is -0.386 e. The van der Waals surface area contributed by atoms with Crippen LogP contribution in [-0.2, 0) is 9.47 Å². The molecule has 1 saturated heterocycles. The zero-order valence-electron chi connectivity index (χ0n) is 13.4. The Bertz CT molecular complexity index is 649. The van der Waals surface area contributed by atoms with Crippen molar-refractivity contribution in [3.63, 3.8) is 0 Å². The smallest absolute Gasteiger partial charge is 0.164 e. The molecule has 1 unspecified atom stereocenters. The summed E-state index contributed by atoms with van der Waals surface area (Å²) in [6.07, 6.45) is 2.48.